The van der Waals surface area contributed by atoms with Gasteiger partial charge in [0.05, 0.1) is 14.2 Å². The van der Waals surface area contributed by atoms with Gasteiger partial charge in [-0.05, 0) is 5.92 Å². The van der Waals surface area contributed by atoms with E-state index in [-0.39, 0.29) is 17.6 Å². The monoisotopic (exact) mass is 248 g/mol. The van der Waals surface area contributed by atoms with Gasteiger partial charge in [0.2, 0.25) is 0 Å². The van der Waals surface area contributed by atoms with Crippen molar-refractivity contribution in [2.75, 3.05) is 0 Å². The molecule has 0 spiro atoms. The standard InChI is InChI=1S/C15H24OSi/c1-6-14(15(16)12(2)3)17(4,5)13-10-8-7-9-11-13/h6-12,14-16H,1H2,2-5H3/t14-,15+/m1/s1. The second-order valence-corrected chi connectivity index (χ2v) is 10.3. The number of rotatable bonds is 5. The molecule has 0 saturated heterocycles. The van der Waals surface area contributed by atoms with E-state index in [0.717, 1.165) is 0 Å². The Morgan fingerprint density at radius 3 is 2.12 bits per heavy atom. The van der Waals surface area contributed by atoms with Crippen LogP contribution in [0.2, 0.25) is 18.6 Å². The van der Waals surface area contributed by atoms with E-state index in [9.17, 15) is 5.11 Å². The van der Waals surface area contributed by atoms with Crippen LogP contribution in [0.25, 0.3) is 0 Å². The molecule has 0 bridgehead atoms. The van der Waals surface area contributed by atoms with Gasteiger partial charge in [-0.25, -0.2) is 0 Å². The highest BCUT2D eigenvalue weighted by molar-refractivity contribution is 6.91. The molecule has 1 aromatic carbocycles. The molecule has 0 radical (unpaired) electrons. The molecule has 2 heteroatoms. The Balaban J connectivity index is 3.06. The van der Waals surface area contributed by atoms with E-state index < -0.39 is 8.07 Å². The first-order valence-electron chi connectivity index (χ1n) is 6.27. The fourth-order valence-corrected chi connectivity index (χ4v) is 5.60. The molecule has 0 unspecified atom stereocenters. The highest BCUT2D eigenvalue weighted by atomic mass is 28.3. The molecule has 1 nitrogen and oxygen atoms in total. The van der Waals surface area contributed by atoms with Crippen LogP contribution >= 0.6 is 0 Å². The van der Waals surface area contributed by atoms with E-state index in [4.69, 9.17) is 0 Å². The fourth-order valence-electron chi connectivity index (χ4n) is 2.34. The van der Waals surface area contributed by atoms with Crippen molar-refractivity contribution in [2.24, 2.45) is 5.92 Å². The molecule has 1 aromatic rings. The Morgan fingerprint density at radius 1 is 1.18 bits per heavy atom. The Bertz CT molecular complexity index is 356. The van der Waals surface area contributed by atoms with Crippen molar-refractivity contribution in [2.45, 2.75) is 38.6 Å². The van der Waals surface area contributed by atoms with E-state index in [1.54, 1.807) is 0 Å². The topological polar surface area (TPSA) is 20.2 Å². The Labute approximate surface area is 106 Å². The van der Waals surface area contributed by atoms with Crippen LogP contribution in [-0.4, -0.2) is 19.3 Å². The van der Waals surface area contributed by atoms with Crippen LogP contribution in [0.5, 0.6) is 0 Å². The maximum absolute atomic E-state index is 10.3. The van der Waals surface area contributed by atoms with Crippen molar-refractivity contribution in [3.63, 3.8) is 0 Å². The largest absolute Gasteiger partial charge is 0.393 e. The third kappa shape index (κ3) is 3.08. The Morgan fingerprint density at radius 2 is 1.71 bits per heavy atom. The zero-order valence-electron chi connectivity index (χ0n) is 11.4. The van der Waals surface area contributed by atoms with Gasteiger partial charge in [-0.3, -0.25) is 0 Å². The third-order valence-corrected chi connectivity index (χ3v) is 7.72. The van der Waals surface area contributed by atoms with Gasteiger partial charge in [0.1, 0.15) is 0 Å². The first kappa shape index (κ1) is 14.2. The van der Waals surface area contributed by atoms with Crippen LogP contribution in [0.3, 0.4) is 0 Å². The molecule has 0 fully saturated rings. The van der Waals surface area contributed by atoms with Crippen LogP contribution < -0.4 is 5.19 Å². The van der Waals surface area contributed by atoms with E-state index >= 15 is 0 Å². The van der Waals surface area contributed by atoms with Crippen molar-refractivity contribution in [3.05, 3.63) is 43.0 Å². The Hall–Kier alpha value is -0.863. The SMILES string of the molecule is C=C[C@H]([C@@H](O)C(C)C)[Si](C)(C)c1ccccc1. The van der Waals surface area contributed by atoms with Crippen molar-refractivity contribution in [1.29, 1.82) is 0 Å². The summed E-state index contributed by atoms with van der Waals surface area (Å²) in [7, 11) is -1.70. The molecule has 0 aliphatic rings. The van der Waals surface area contributed by atoms with Crippen LogP contribution in [0.4, 0.5) is 0 Å². The summed E-state index contributed by atoms with van der Waals surface area (Å²) in [6.07, 6.45) is 1.65. The fraction of sp³-hybridized carbons (Fsp3) is 0.467. The third-order valence-electron chi connectivity index (χ3n) is 3.66. The van der Waals surface area contributed by atoms with Gasteiger partial charge in [-0.2, -0.15) is 0 Å². The second kappa shape index (κ2) is 5.65. The summed E-state index contributed by atoms with van der Waals surface area (Å²) < 4.78 is 0. The van der Waals surface area contributed by atoms with Crippen molar-refractivity contribution < 1.29 is 5.11 Å². The van der Waals surface area contributed by atoms with Crippen LogP contribution in [0, 0.1) is 5.92 Å². The molecule has 1 N–H and O–H groups in total. The number of aliphatic hydroxyl groups is 1. The summed E-state index contributed by atoms with van der Waals surface area (Å²) in [4.78, 5) is 0. The van der Waals surface area contributed by atoms with Crippen LogP contribution in [0.1, 0.15) is 13.8 Å². The van der Waals surface area contributed by atoms with Gasteiger partial charge in [0, 0.05) is 5.54 Å². The predicted octanol–water partition coefficient (Wildman–Crippen LogP) is 3.18. The molecule has 2 atom stereocenters. The average Bonchev–Trinajstić information content (AvgIpc) is 2.30. The van der Waals surface area contributed by atoms with Gasteiger partial charge < -0.3 is 5.11 Å². The first-order chi connectivity index (χ1) is 7.91. The number of aliphatic hydroxyl groups excluding tert-OH is 1. The van der Waals surface area contributed by atoms with Crippen molar-refractivity contribution in [3.8, 4) is 0 Å². The lowest BCUT2D eigenvalue weighted by Crippen LogP contribution is -2.50. The summed E-state index contributed by atoms with van der Waals surface area (Å²) in [6.45, 7) is 12.7. The summed E-state index contributed by atoms with van der Waals surface area (Å²) in [5.74, 6) is 0.272. The normalized spacial score (nSPS) is 15.6. The maximum Gasteiger partial charge on any atom is 0.0901 e. The van der Waals surface area contributed by atoms with Crippen molar-refractivity contribution >= 4 is 13.3 Å². The van der Waals surface area contributed by atoms with Gasteiger partial charge in [0.15, 0.2) is 0 Å². The summed E-state index contributed by atoms with van der Waals surface area (Å²) in [6, 6.07) is 10.5. The number of hydrogen-bond donors (Lipinski definition) is 1. The van der Waals surface area contributed by atoms with Crippen molar-refractivity contribution in [1.82, 2.24) is 0 Å². The zero-order valence-corrected chi connectivity index (χ0v) is 12.4. The summed E-state index contributed by atoms with van der Waals surface area (Å²) in [5.41, 5.74) is 0.199. The van der Waals surface area contributed by atoms with Gasteiger partial charge >= 0.3 is 0 Å². The Kier molecular flexibility index (Phi) is 4.72. The molecule has 0 amide bonds. The zero-order chi connectivity index (χ0) is 13.1. The molecule has 94 valence electrons. The van der Waals surface area contributed by atoms with Gasteiger partial charge in [0.25, 0.3) is 0 Å². The molecule has 0 aliphatic carbocycles. The average molecular weight is 248 g/mol. The number of hydrogen-bond acceptors (Lipinski definition) is 1. The molecule has 1 rings (SSSR count). The highest BCUT2D eigenvalue weighted by Crippen LogP contribution is 2.30. The maximum atomic E-state index is 10.3. The lowest BCUT2D eigenvalue weighted by molar-refractivity contribution is 0.127. The molecule has 0 aliphatic heterocycles. The van der Waals surface area contributed by atoms with Crippen LogP contribution in [-0.2, 0) is 0 Å². The van der Waals surface area contributed by atoms with Gasteiger partial charge in [-0.15, -0.1) is 6.58 Å². The van der Waals surface area contributed by atoms with E-state index in [1.165, 1.54) is 5.19 Å². The summed E-state index contributed by atoms with van der Waals surface area (Å²) in [5, 5.41) is 11.7. The lowest BCUT2D eigenvalue weighted by atomic mass is 10.0. The lowest BCUT2D eigenvalue weighted by Gasteiger charge is -2.36. The quantitative estimate of drug-likeness (QED) is 0.627. The smallest absolute Gasteiger partial charge is 0.0901 e. The summed E-state index contributed by atoms with van der Waals surface area (Å²) >= 11 is 0. The van der Waals surface area contributed by atoms with E-state index in [1.807, 2.05) is 12.1 Å². The molecular weight excluding hydrogens is 224 g/mol. The highest BCUT2D eigenvalue weighted by Gasteiger charge is 2.37. The van der Waals surface area contributed by atoms with E-state index in [2.05, 4.69) is 57.8 Å². The number of benzene rings is 1. The molecule has 17 heavy (non-hydrogen) atoms. The molecule has 0 aromatic heterocycles. The minimum atomic E-state index is -1.70. The van der Waals surface area contributed by atoms with Gasteiger partial charge in [-0.1, -0.05) is 68.5 Å². The molecule has 0 heterocycles. The second-order valence-electron chi connectivity index (χ2n) is 5.58. The minimum absolute atomic E-state index is 0.199. The first-order valence-corrected chi connectivity index (χ1v) is 9.35. The van der Waals surface area contributed by atoms with E-state index in [0.29, 0.717) is 0 Å². The predicted molar refractivity (Wildman–Crippen MR) is 78.3 cm³/mol. The minimum Gasteiger partial charge on any atom is -0.393 e. The van der Waals surface area contributed by atoms with Crippen LogP contribution in [0.15, 0.2) is 43.0 Å². The molecular formula is C15H24OSi. The molecule has 0 saturated carbocycles.